The maximum atomic E-state index is 12.7. The van der Waals surface area contributed by atoms with Crippen molar-refractivity contribution in [1.29, 1.82) is 0 Å². The number of thiophene rings is 1. The predicted molar refractivity (Wildman–Crippen MR) is 103 cm³/mol. The molecule has 2 heterocycles. The van der Waals surface area contributed by atoms with Gasteiger partial charge in [-0.3, -0.25) is 9.59 Å². The Morgan fingerprint density at radius 1 is 1.22 bits per heavy atom. The van der Waals surface area contributed by atoms with Crippen LogP contribution in [0.5, 0.6) is 0 Å². The Morgan fingerprint density at radius 2 is 2.00 bits per heavy atom. The van der Waals surface area contributed by atoms with Gasteiger partial charge in [0, 0.05) is 17.5 Å². The fourth-order valence-corrected chi connectivity index (χ4v) is 3.35. The molecular weight excluding hydrogens is 364 g/mol. The second-order valence-electron chi connectivity index (χ2n) is 6.16. The second kappa shape index (κ2) is 8.64. The van der Waals surface area contributed by atoms with Crippen molar-refractivity contribution < 1.29 is 19.1 Å². The molecule has 0 atom stereocenters. The molecule has 0 spiro atoms. The van der Waals surface area contributed by atoms with Crippen LogP contribution in [0, 0.1) is 6.92 Å². The number of nitrogens with zero attached hydrogens (tertiary/aromatic N) is 2. The number of aromatic nitrogens is 1. The van der Waals surface area contributed by atoms with Gasteiger partial charge in [-0.1, -0.05) is 30.3 Å². The molecule has 0 unspecified atom stereocenters. The van der Waals surface area contributed by atoms with Gasteiger partial charge in [-0.05, 0) is 30.4 Å². The Kier molecular flexibility index (Phi) is 6.03. The number of amides is 1. The number of carboxylic acids is 1. The van der Waals surface area contributed by atoms with Gasteiger partial charge in [-0.2, -0.15) is 11.3 Å². The van der Waals surface area contributed by atoms with E-state index in [2.05, 4.69) is 4.98 Å². The molecule has 0 saturated carbocycles. The molecule has 0 radical (unpaired) electrons. The number of aliphatic carboxylic acids is 1. The second-order valence-corrected chi connectivity index (χ2v) is 6.94. The largest absolute Gasteiger partial charge is 0.480 e. The maximum Gasteiger partial charge on any atom is 0.323 e. The molecule has 0 aliphatic heterocycles. The van der Waals surface area contributed by atoms with Gasteiger partial charge in [0.15, 0.2) is 0 Å². The van der Waals surface area contributed by atoms with Crippen molar-refractivity contribution in [3.63, 3.8) is 0 Å². The topological polar surface area (TPSA) is 83.6 Å². The monoisotopic (exact) mass is 384 g/mol. The summed E-state index contributed by atoms with van der Waals surface area (Å²) < 4.78 is 5.66. The number of hydrogen-bond donors (Lipinski definition) is 1. The molecule has 1 N–H and O–H groups in total. The highest BCUT2D eigenvalue weighted by Gasteiger charge is 2.21. The van der Waals surface area contributed by atoms with Crippen molar-refractivity contribution in [2.24, 2.45) is 0 Å². The number of hydrogen-bond acceptors (Lipinski definition) is 5. The number of benzene rings is 1. The first-order chi connectivity index (χ1) is 13.0. The van der Waals surface area contributed by atoms with Gasteiger partial charge in [-0.25, -0.2) is 4.98 Å². The highest BCUT2D eigenvalue weighted by Crippen LogP contribution is 2.24. The lowest BCUT2D eigenvalue weighted by atomic mass is 10.1. The molecule has 27 heavy (non-hydrogen) atoms. The van der Waals surface area contributed by atoms with E-state index < -0.39 is 5.97 Å². The van der Waals surface area contributed by atoms with Crippen LogP contribution in [-0.2, 0) is 22.4 Å². The van der Waals surface area contributed by atoms with Crippen molar-refractivity contribution in [2.45, 2.75) is 19.8 Å². The van der Waals surface area contributed by atoms with Gasteiger partial charge in [0.1, 0.15) is 12.3 Å². The van der Waals surface area contributed by atoms with E-state index in [1.807, 2.05) is 47.2 Å². The van der Waals surface area contributed by atoms with Crippen molar-refractivity contribution in [3.8, 4) is 11.5 Å². The van der Waals surface area contributed by atoms with Crippen LogP contribution in [0.4, 0.5) is 0 Å². The third-order valence-corrected chi connectivity index (χ3v) is 4.85. The highest BCUT2D eigenvalue weighted by atomic mass is 32.1. The summed E-state index contributed by atoms with van der Waals surface area (Å²) in [4.78, 5) is 29.6. The summed E-state index contributed by atoms with van der Waals surface area (Å²) in [6, 6.07) is 11.6. The van der Waals surface area contributed by atoms with E-state index in [-0.39, 0.29) is 18.9 Å². The minimum Gasteiger partial charge on any atom is -0.480 e. The molecule has 6 nitrogen and oxygen atoms in total. The molecule has 1 amide bonds. The van der Waals surface area contributed by atoms with Gasteiger partial charge in [0.2, 0.25) is 11.8 Å². The standard InChI is InChI=1S/C20H20N2O4S/c1-14-17(21-20(26-14)16-8-10-27-13-16)11-18(23)22(12-19(24)25)9-7-15-5-3-2-4-6-15/h2-6,8,10,13H,7,9,11-12H2,1H3,(H,24,25). The average molecular weight is 384 g/mol. The van der Waals surface area contributed by atoms with Gasteiger partial charge in [0.05, 0.1) is 12.1 Å². The molecule has 0 fully saturated rings. The Hall–Kier alpha value is -2.93. The van der Waals surface area contributed by atoms with Crippen LogP contribution in [0.3, 0.4) is 0 Å². The number of carbonyl (C=O) groups is 2. The Balaban J connectivity index is 1.69. The fraction of sp³-hybridized carbons (Fsp3) is 0.250. The van der Waals surface area contributed by atoms with E-state index in [9.17, 15) is 9.59 Å². The fourth-order valence-electron chi connectivity index (χ4n) is 2.72. The number of rotatable bonds is 8. The molecule has 0 aliphatic rings. The van der Waals surface area contributed by atoms with Crippen LogP contribution >= 0.6 is 11.3 Å². The summed E-state index contributed by atoms with van der Waals surface area (Å²) >= 11 is 1.54. The van der Waals surface area contributed by atoms with Crippen LogP contribution < -0.4 is 0 Å². The summed E-state index contributed by atoms with van der Waals surface area (Å²) in [6.45, 7) is 1.76. The minimum atomic E-state index is -1.03. The van der Waals surface area contributed by atoms with Crippen molar-refractivity contribution in [3.05, 3.63) is 64.2 Å². The number of aryl methyl sites for hydroxylation is 1. The van der Waals surface area contributed by atoms with Crippen LogP contribution in [0.15, 0.2) is 51.6 Å². The average Bonchev–Trinajstić information content (AvgIpc) is 3.29. The number of carboxylic acid groups (broad SMARTS) is 1. The lowest BCUT2D eigenvalue weighted by Crippen LogP contribution is -2.38. The predicted octanol–water partition coefficient (Wildman–Crippen LogP) is 3.41. The normalized spacial score (nSPS) is 10.7. The first-order valence-electron chi connectivity index (χ1n) is 8.55. The Bertz CT molecular complexity index is 903. The van der Waals surface area contributed by atoms with E-state index in [0.29, 0.717) is 30.3 Å². The molecule has 140 valence electrons. The van der Waals surface area contributed by atoms with Gasteiger partial charge in [0.25, 0.3) is 0 Å². The molecule has 2 aromatic heterocycles. The van der Waals surface area contributed by atoms with Gasteiger partial charge < -0.3 is 14.4 Å². The lowest BCUT2D eigenvalue weighted by molar-refractivity contribution is -0.144. The van der Waals surface area contributed by atoms with E-state index >= 15 is 0 Å². The van der Waals surface area contributed by atoms with Crippen molar-refractivity contribution in [2.75, 3.05) is 13.1 Å². The van der Waals surface area contributed by atoms with E-state index in [1.54, 1.807) is 6.92 Å². The zero-order chi connectivity index (χ0) is 19.2. The summed E-state index contributed by atoms with van der Waals surface area (Å²) in [5.41, 5.74) is 2.46. The zero-order valence-electron chi connectivity index (χ0n) is 14.9. The van der Waals surface area contributed by atoms with E-state index in [0.717, 1.165) is 11.1 Å². The minimum absolute atomic E-state index is 0.0154. The van der Waals surface area contributed by atoms with Crippen LogP contribution in [0.1, 0.15) is 17.0 Å². The third-order valence-electron chi connectivity index (χ3n) is 4.17. The van der Waals surface area contributed by atoms with Crippen LogP contribution in [0.2, 0.25) is 0 Å². The zero-order valence-corrected chi connectivity index (χ0v) is 15.7. The van der Waals surface area contributed by atoms with Crippen LogP contribution in [-0.4, -0.2) is 40.0 Å². The van der Waals surface area contributed by atoms with E-state index in [4.69, 9.17) is 9.52 Å². The molecule has 0 aliphatic carbocycles. The Labute approximate surface area is 161 Å². The quantitative estimate of drug-likeness (QED) is 0.643. The molecule has 3 rings (SSSR count). The maximum absolute atomic E-state index is 12.7. The van der Waals surface area contributed by atoms with Crippen LogP contribution in [0.25, 0.3) is 11.5 Å². The SMILES string of the molecule is Cc1oc(-c2ccsc2)nc1CC(=O)N(CCc1ccccc1)CC(=O)O. The number of carbonyl (C=O) groups excluding carboxylic acids is 1. The smallest absolute Gasteiger partial charge is 0.323 e. The summed E-state index contributed by atoms with van der Waals surface area (Å²) in [6.07, 6.45) is 0.610. The van der Waals surface area contributed by atoms with Crippen molar-refractivity contribution >= 4 is 23.2 Å². The summed E-state index contributed by atoms with van der Waals surface area (Å²) in [5, 5.41) is 13.0. The first-order valence-corrected chi connectivity index (χ1v) is 9.49. The molecule has 0 bridgehead atoms. The molecule has 1 aromatic carbocycles. The Morgan fingerprint density at radius 3 is 2.67 bits per heavy atom. The number of oxazole rings is 1. The molecule has 0 saturated heterocycles. The van der Waals surface area contributed by atoms with Gasteiger partial charge >= 0.3 is 5.97 Å². The van der Waals surface area contributed by atoms with E-state index in [1.165, 1.54) is 16.2 Å². The molecule has 3 aromatic rings. The lowest BCUT2D eigenvalue weighted by Gasteiger charge is -2.20. The first kappa shape index (κ1) is 18.8. The van der Waals surface area contributed by atoms with Crippen molar-refractivity contribution in [1.82, 2.24) is 9.88 Å². The summed E-state index contributed by atoms with van der Waals surface area (Å²) in [7, 11) is 0. The highest BCUT2D eigenvalue weighted by molar-refractivity contribution is 7.08. The molecule has 7 heteroatoms. The summed E-state index contributed by atoms with van der Waals surface area (Å²) in [5.74, 6) is -0.262. The third kappa shape index (κ3) is 5.04. The van der Waals surface area contributed by atoms with Gasteiger partial charge in [-0.15, -0.1) is 0 Å². The molecular formula is C20H20N2O4S.